The minimum Gasteiger partial charge on any atom is -0.299 e. The molecule has 1 fully saturated rings. The average molecular weight is 164 g/mol. The van der Waals surface area contributed by atoms with Crippen molar-refractivity contribution >= 4 is 5.78 Å². The molecule has 0 aromatic rings. The van der Waals surface area contributed by atoms with Crippen LogP contribution in [0, 0.1) is 5.92 Å². The van der Waals surface area contributed by atoms with Crippen LogP contribution in [0.25, 0.3) is 0 Å². The van der Waals surface area contributed by atoms with Crippen LogP contribution < -0.4 is 0 Å². The number of Topliss-reactive ketones (excluding diaryl/α,β-unsaturated/α-hetero) is 1. The summed E-state index contributed by atoms with van der Waals surface area (Å²) in [6.07, 6.45) is 6.65. The summed E-state index contributed by atoms with van der Waals surface area (Å²) in [5.41, 5.74) is 3.01. The Hall–Kier alpha value is -0.590. The second kappa shape index (κ2) is 3.04. The lowest BCUT2D eigenvalue weighted by Crippen LogP contribution is -1.97. The van der Waals surface area contributed by atoms with Gasteiger partial charge in [-0.1, -0.05) is 11.1 Å². The summed E-state index contributed by atoms with van der Waals surface area (Å²) in [5, 5.41) is 0. The second-order valence-electron chi connectivity index (χ2n) is 4.15. The predicted octanol–water partition coefficient (Wildman–Crippen LogP) is 2.86. The zero-order valence-corrected chi connectivity index (χ0v) is 7.73. The summed E-state index contributed by atoms with van der Waals surface area (Å²) >= 11 is 0. The van der Waals surface area contributed by atoms with Gasteiger partial charge in [0.1, 0.15) is 5.78 Å². The Kier molecular flexibility index (Phi) is 2.03. The highest BCUT2D eigenvalue weighted by Crippen LogP contribution is 2.39. The summed E-state index contributed by atoms with van der Waals surface area (Å²) in [5.74, 6) is 1.23. The number of hydrogen-bond acceptors (Lipinski definition) is 1. The Labute approximate surface area is 73.8 Å². The van der Waals surface area contributed by atoms with Crippen LogP contribution in [0.3, 0.4) is 0 Å². The average Bonchev–Trinajstić information content (AvgIpc) is 2.43. The number of allylic oxidation sites excluding steroid dienone is 2. The normalized spacial score (nSPS) is 30.4. The van der Waals surface area contributed by atoms with Gasteiger partial charge < -0.3 is 0 Å². The summed E-state index contributed by atoms with van der Waals surface area (Å²) in [7, 11) is 0. The molecule has 1 saturated carbocycles. The molecule has 0 aromatic heterocycles. The molecule has 2 rings (SSSR count). The van der Waals surface area contributed by atoms with Gasteiger partial charge in [0, 0.05) is 12.8 Å². The second-order valence-corrected chi connectivity index (χ2v) is 4.15. The van der Waals surface area contributed by atoms with E-state index in [0.717, 1.165) is 25.2 Å². The highest BCUT2D eigenvalue weighted by Gasteiger charge is 2.26. The van der Waals surface area contributed by atoms with Crippen molar-refractivity contribution in [3.05, 3.63) is 11.1 Å². The molecule has 0 heterocycles. The maximum atomic E-state index is 11.3. The van der Waals surface area contributed by atoms with Crippen molar-refractivity contribution < 1.29 is 4.79 Å². The van der Waals surface area contributed by atoms with Gasteiger partial charge in [-0.2, -0.15) is 0 Å². The minimum atomic E-state index is 0.453. The van der Waals surface area contributed by atoms with Gasteiger partial charge in [0.2, 0.25) is 0 Å². The number of carbonyl (C=O) groups is 1. The van der Waals surface area contributed by atoms with Crippen LogP contribution in [0.2, 0.25) is 0 Å². The van der Waals surface area contributed by atoms with Gasteiger partial charge in [-0.05, 0) is 38.5 Å². The first-order valence-electron chi connectivity index (χ1n) is 4.97. The lowest BCUT2D eigenvalue weighted by molar-refractivity contribution is -0.118. The van der Waals surface area contributed by atoms with E-state index in [-0.39, 0.29) is 0 Å². The maximum absolute atomic E-state index is 11.3. The maximum Gasteiger partial charge on any atom is 0.136 e. The van der Waals surface area contributed by atoms with Gasteiger partial charge in [0.25, 0.3) is 0 Å². The van der Waals surface area contributed by atoms with Crippen LogP contribution in [0.1, 0.15) is 45.4 Å². The van der Waals surface area contributed by atoms with E-state index in [1.807, 2.05) is 0 Å². The van der Waals surface area contributed by atoms with E-state index in [9.17, 15) is 4.79 Å². The van der Waals surface area contributed by atoms with Crippen molar-refractivity contribution in [2.45, 2.75) is 45.4 Å². The SMILES string of the molecule is CC1=C2CCCC2CCC(=O)C1. The van der Waals surface area contributed by atoms with E-state index in [1.54, 1.807) is 5.57 Å². The Balaban J connectivity index is 2.25. The highest BCUT2D eigenvalue weighted by atomic mass is 16.1. The molecule has 1 atom stereocenters. The first kappa shape index (κ1) is 8.03. The fourth-order valence-electron chi connectivity index (χ4n) is 2.63. The molecule has 0 spiro atoms. The molecule has 0 N–H and O–H groups in total. The molecule has 1 nitrogen and oxygen atoms in total. The number of carbonyl (C=O) groups excluding carboxylic acids is 1. The van der Waals surface area contributed by atoms with Gasteiger partial charge in [-0.25, -0.2) is 0 Å². The first-order chi connectivity index (χ1) is 5.77. The largest absolute Gasteiger partial charge is 0.299 e. The number of ketones is 1. The fraction of sp³-hybridized carbons (Fsp3) is 0.727. The first-order valence-corrected chi connectivity index (χ1v) is 4.97. The number of rotatable bonds is 0. The summed E-state index contributed by atoms with van der Waals surface area (Å²) < 4.78 is 0. The molecule has 66 valence electrons. The topological polar surface area (TPSA) is 17.1 Å². The van der Waals surface area contributed by atoms with Crippen LogP contribution in [0.5, 0.6) is 0 Å². The van der Waals surface area contributed by atoms with Crippen molar-refractivity contribution in [2.75, 3.05) is 0 Å². The third-order valence-corrected chi connectivity index (χ3v) is 3.27. The zero-order chi connectivity index (χ0) is 8.55. The molecule has 0 radical (unpaired) electrons. The molecule has 0 aromatic carbocycles. The Morgan fingerprint density at radius 1 is 1.25 bits per heavy atom. The molecule has 0 aliphatic heterocycles. The van der Waals surface area contributed by atoms with Crippen LogP contribution >= 0.6 is 0 Å². The Bertz CT molecular complexity index is 237. The van der Waals surface area contributed by atoms with E-state index < -0.39 is 0 Å². The standard InChI is InChI=1S/C11H16O/c1-8-7-10(12)6-5-9-3-2-4-11(8)9/h9H,2-7H2,1H3. The smallest absolute Gasteiger partial charge is 0.136 e. The summed E-state index contributed by atoms with van der Waals surface area (Å²) in [4.78, 5) is 11.3. The summed E-state index contributed by atoms with van der Waals surface area (Å²) in [6.45, 7) is 2.15. The van der Waals surface area contributed by atoms with E-state index in [4.69, 9.17) is 0 Å². The van der Waals surface area contributed by atoms with Crippen LogP contribution in [0.4, 0.5) is 0 Å². The molecule has 1 heteroatoms. The Morgan fingerprint density at radius 2 is 2.08 bits per heavy atom. The summed E-state index contributed by atoms with van der Waals surface area (Å²) in [6, 6.07) is 0. The molecular formula is C11H16O. The fourth-order valence-corrected chi connectivity index (χ4v) is 2.63. The number of hydrogen-bond donors (Lipinski definition) is 0. The third kappa shape index (κ3) is 1.33. The van der Waals surface area contributed by atoms with E-state index in [1.165, 1.54) is 24.8 Å². The lowest BCUT2D eigenvalue weighted by atomic mass is 9.96. The van der Waals surface area contributed by atoms with Gasteiger partial charge in [-0.15, -0.1) is 0 Å². The quantitative estimate of drug-likeness (QED) is 0.503. The zero-order valence-electron chi connectivity index (χ0n) is 7.73. The monoisotopic (exact) mass is 164 g/mol. The highest BCUT2D eigenvalue weighted by molar-refractivity contribution is 5.81. The molecule has 0 bridgehead atoms. The molecule has 12 heavy (non-hydrogen) atoms. The van der Waals surface area contributed by atoms with Gasteiger partial charge in [0.05, 0.1) is 0 Å². The van der Waals surface area contributed by atoms with Gasteiger partial charge >= 0.3 is 0 Å². The van der Waals surface area contributed by atoms with Crippen molar-refractivity contribution in [1.82, 2.24) is 0 Å². The van der Waals surface area contributed by atoms with Gasteiger partial charge in [0.15, 0.2) is 0 Å². The van der Waals surface area contributed by atoms with E-state index in [0.29, 0.717) is 5.78 Å². The molecule has 2 aliphatic rings. The minimum absolute atomic E-state index is 0.453. The van der Waals surface area contributed by atoms with Crippen LogP contribution in [-0.4, -0.2) is 5.78 Å². The molecular weight excluding hydrogens is 148 g/mol. The van der Waals surface area contributed by atoms with Crippen molar-refractivity contribution in [1.29, 1.82) is 0 Å². The van der Waals surface area contributed by atoms with Crippen LogP contribution in [0.15, 0.2) is 11.1 Å². The molecule has 0 saturated heterocycles. The third-order valence-electron chi connectivity index (χ3n) is 3.27. The molecule has 0 amide bonds. The van der Waals surface area contributed by atoms with Crippen molar-refractivity contribution in [3.8, 4) is 0 Å². The van der Waals surface area contributed by atoms with E-state index in [2.05, 4.69) is 6.92 Å². The molecule has 1 unspecified atom stereocenters. The Morgan fingerprint density at radius 3 is 2.92 bits per heavy atom. The van der Waals surface area contributed by atoms with Crippen LogP contribution in [-0.2, 0) is 4.79 Å². The van der Waals surface area contributed by atoms with Crippen molar-refractivity contribution in [3.63, 3.8) is 0 Å². The molecule has 2 aliphatic carbocycles. The number of fused-ring (bicyclic) bond motifs is 1. The van der Waals surface area contributed by atoms with Crippen molar-refractivity contribution in [2.24, 2.45) is 5.92 Å². The predicted molar refractivity (Wildman–Crippen MR) is 48.9 cm³/mol. The van der Waals surface area contributed by atoms with E-state index >= 15 is 0 Å². The lowest BCUT2D eigenvalue weighted by Gasteiger charge is -2.09. The van der Waals surface area contributed by atoms with Gasteiger partial charge in [-0.3, -0.25) is 4.79 Å².